The smallest absolute Gasteiger partial charge is 0.408 e. The molecule has 30 heavy (non-hydrogen) atoms. The van der Waals surface area contributed by atoms with Gasteiger partial charge in [-0.25, -0.2) is 4.79 Å². The van der Waals surface area contributed by atoms with Gasteiger partial charge in [0.25, 0.3) is 5.91 Å². The van der Waals surface area contributed by atoms with E-state index in [0.29, 0.717) is 29.8 Å². The highest BCUT2D eigenvalue weighted by molar-refractivity contribution is 6.03. The van der Waals surface area contributed by atoms with Crippen LogP contribution >= 0.6 is 0 Å². The van der Waals surface area contributed by atoms with Crippen molar-refractivity contribution >= 4 is 34.5 Å². The largest absolute Gasteiger partial charge is 0.419 e. The van der Waals surface area contributed by atoms with Crippen molar-refractivity contribution in [3.8, 4) is 0 Å². The highest BCUT2D eigenvalue weighted by Crippen LogP contribution is 2.16. The van der Waals surface area contributed by atoms with Crippen LogP contribution in [0.25, 0.3) is 11.1 Å². The topological polar surface area (TPSA) is 136 Å². The Kier molecular flexibility index (Phi) is 6.63. The van der Waals surface area contributed by atoms with Crippen LogP contribution in [0, 0.1) is 0 Å². The van der Waals surface area contributed by atoms with Crippen LogP contribution in [0.2, 0.25) is 0 Å². The Morgan fingerprint density at radius 3 is 2.53 bits per heavy atom. The minimum absolute atomic E-state index is 0.0301. The fourth-order valence-corrected chi connectivity index (χ4v) is 3.02. The molecule has 0 saturated carbocycles. The van der Waals surface area contributed by atoms with Gasteiger partial charge < -0.3 is 20.8 Å². The zero-order chi connectivity index (χ0) is 21.5. The molecule has 9 nitrogen and oxygen atoms in total. The van der Waals surface area contributed by atoms with Crippen molar-refractivity contribution in [1.29, 1.82) is 0 Å². The molecular formula is C21H22N4O5. The van der Waals surface area contributed by atoms with E-state index in [1.54, 1.807) is 42.5 Å². The van der Waals surface area contributed by atoms with Crippen molar-refractivity contribution in [3.05, 3.63) is 64.6 Å². The summed E-state index contributed by atoms with van der Waals surface area (Å²) in [6.07, 6.45) is 0.605. The number of primary amides is 1. The molecule has 3 aromatic rings. The molecule has 0 bridgehead atoms. The molecule has 0 aliphatic heterocycles. The van der Waals surface area contributed by atoms with Crippen molar-refractivity contribution in [3.63, 3.8) is 0 Å². The molecule has 0 fully saturated rings. The number of para-hydroxylation sites is 3. The summed E-state index contributed by atoms with van der Waals surface area (Å²) in [6.45, 7) is 0.447. The van der Waals surface area contributed by atoms with Gasteiger partial charge in [0.15, 0.2) is 5.58 Å². The van der Waals surface area contributed by atoms with Crippen LogP contribution in [-0.4, -0.2) is 28.8 Å². The lowest BCUT2D eigenvalue weighted by Gasteiger charge is -2.11. The van der Waals surface area contributed by atoms with Crippen molar-refractivity contribution in [1.82, 2.24) is 9.88 Å². The van der Waals surface area contributed by atoms with Gasteiger partial charge in [0, 0.05) is 25.9 Å². The number of nitrogens with two attached hydrogens (primary N) is 1. The second-order valence-electron chi connectivity index (χ2n) is 6.66. The molecule has 0 radical (unpaired) electrons. The van der Waals surface area contributed by atoms with Crippen LogP contribution in [-0.2, 0) is 16.1 Å². The van der Waals surface area contributed by atoms with Crippen LogP contribution in [0.4, 0.5) is 5.69 Å². The first-order valence-electron chi connectivity index (χ1n) is 9.49. The first kappa shape index (κ1) is 20.8. The van der Waals surface area contributed by atoms with Gasteiger partial charge in [-0.05, 0) is 30.7 Å². The standard InChI is InChI=1S/C21H22N4O5/c22-18(26)11-12-23-20(28)14-6-1-2-7-15(14)24-19(27)10-5-13-25-16-8-3-4-9-17(16)30-21(25)29/h1-4,6-9H,5,10-13H2,(H2,22,26)(H,23,28)(H,24,27). The molecule has 1 heterocycles. The van der Waals surface area contributed by atoms with E-state index in [9.17, 15) is 19.2 Å². The van der Waals surface area contributed by atoms with E-state index >= 15 is 0 Å². The molecule has 0 atom stereocenters. The van der Waals surface area contributed by atoms with Crippen molar-refractivity contribution < 1.29 is 18.8 Å². The first-order valence-corrected chi connectivity index (χ1v) is 9.49. The van der Waals surface area contributed by atoms with Gasteiger partial charge in [-0.15, -0.1) is 0 Å². The number of hydrogen-bond acceptors (Lipinski definition) is 5. The normalized spacial score (nSPS) is 10.7. The molecule has 0 spiro atoms. The molecule has 0 unspecified atom stereocenters. The number of anilines is 1. The lowest BCUT2D eigenvalue weighted by molar-refractivity contribution is -0.118. The maximum Gasteiger partial charge on any atom is 0.419 e. The predicted molar refractivity (Wildman–Crippen MR) is 111 cm³/mol. The van der Waals surface area contributed by atoms with Crippen LogP contribution in [0.1, 0.15) is 29.6 Å². The number of hydrogen-bond donors (Lipinski definition) is 3. The summed E-state index contributed by atoms with van der Waals surface area (Å²) in [5, 5.41) is 5.31. The summed E-state index contributed by atoms with van der Waals surface area (Å²) in [5.41, 5.74) is 6.90. The van der Waals surface area contributed by atoms with Gasteiger partial charge in [-0.1, -0.05) is 24.3 Å². The predicted octanol–water partition coefficient (Wildman–Crippen LogP) is 1.62. The third kappa shape index (κ3) is 5.13. The summed E-state index contributed by atoms with van der Waals surface area (Å²) < 4.78 is 6.66. The maximum atomic E-state index is 12.4. The number of amides is 3. The number of aryl methyl sites for hydroxylation is 1. The molecule has 0 saturated heterocycles. The Hall–Kier alpha value is -3.88. The number of carbonyl (C=O) groups is 3. The third-order valence-corrected chi connectivity index (χ3v) is 4.46. The molecule has 3 amide bonds. The van der Waals surface area contributed by atoms with Gasteiger partial charge >= 0.3 is 5.76 Å². The summed E-state index contributed by atoms with van der Waals surface area (Å²) in [5.74, 6) is -1.67. The highest BCUT2D eigenvalue weighted by Gasteiger charge is 2.14. The minimum Gasteiger partial charge on any atom is -0.408 e. The lowest BCUT2D eigenvalue weighted by atomic mass is 10.1. The average molecular weight is 410 g/mol. The van der Waals surface area contributed by atoms with Crippen LogP contribution in [0.3, 0.4) is 0 Å². The van der Waals surface area contributed by atoms with E-state index in [1.165, 1.54) is 4.57 Å². The Morgan fingerprint density at radius 1 is 1.00 bits per heavy atom. The Morgan fingerprint density at radius 2 is 1.73 bits per heavy atom. The Labute approximate surface area is 171 Å². The number of rotatable bonds is 9. The Bertz CT molecular complexity index is 1130. The molecular weight excluding hydrogens is 388 g/mol. The Balaban J connectivity index is 1.57. The van der Waals surface area contributed by atoms with E-state index in [1.807, 2.05) is 6.07 Å². The molecule has 0 aliphatic carbocycles. The summed E-state index contributed by atoms with van der Waals surface area (Å²) in [6, 6.07) is 13.7. The monoisotopic (exact) mass is 410 g/mol. The van der Waals surface area contributed by atoms with E-state index in [-0.39, 0.29) is 30.9 Å². The molecule has 1 aromatic heterocycles. The van der Waals surface area contributed by atoms with Crippen LogP contribution in [0.15, 0.2) is 57.7 Å². The fourth-order valence-electron chi connectivity index (χ4n) is 3.02. The average Bonchev–Trinajstić information content (AvgIpc) is 3.03. The fraction of sp³-hybridized carbons (Fsp3) is 0.238. The second-order valence-corrected chi connectivity index (χ2v) is 6.66. The zero-order valence-electron chi connectivity index (χ0n) is 16.2. The number of fused-ring (bicyclic) bond motifs is 1. The van der Waals surface area contributed by atoms with Gasteiger partial charge in [0.1, 0.15) is 0 Å². The van der Waals surface area contributed by atoms with Crippen LogP contribution < -0.4 is 22.1 Å². The number of nitrogens with one attached hydrogen (secondary N) is 2. The van der Waals surface area contributed by atoms with Crippen molar-refractivity contribution in [2.24, 2.45) is 5.73 Å². The van der Waals surface area contributed by atoms with E-state index in [4.69, 9.17) is 10.2 Å². The molecule has 2 aromatic carbocycles. The zero-order valence-corrected chi connectivity index (χ0v) is 16.2. The molecule has 4 N–H and O–H groups in total. The number of aromatic nitrogens is 1. The van der Waals surface area contributed by atoms with E-state index in [2.05, 4.69) is 10.6 Å². The van der Waals surface area contributed by atoms with Crippen molar-refractivity contribution in [2.45, 2.75) is 25.8 Å². The first-order chi connectivity index (χ1) is 14.5. The van der Waals surface area contributed by atoms with Gasteiger partial charge in [0.2, 0.25) is 11.8 Å². The quantitative estimate of drug-likeness (QED) is 0.492. The lowest BCUT2D eigenvalue weighted by Crippen LogP contribution is -2.28. The van der Waals surface area contributed by atoms with E-state index in [0.717, 1.165) is 0 Å². The van der Waals surface area contributed by atoms with Gasteiger partial charge in [0.05, 0.1) is 16.8 Å². The minimum atomic E-state index is -0.513. The number of oxazole rings is 1. The SMILES string of the molecule is NC(=O)CCNC(=O)c1ccccc1NC(=O)CCCn1c(=O)oc2ccccc21. The van der Waals surface area contributed by atoms with Crippen LogP contribution in [0.5, 0.6) is 0 Å². The maximum absolute atomic E-state index is 12.4. The summed E-state index contributed by atoms with van der Waals surface area (Å²) in [4.78, 5) is 47.4. The second kappa shape index (κ2) is 9.55. The number of benzene rings is 2. The number of nitrogens with zero attached hydrogens (tertiary/aromatic N) is 1. The van der Waals surface area contributed by atoms with Crippen molar-refractivity contribution in [2.75, 3.05) is 11.9 Å². The third-order valence-electron chi connectivity index (χ3n) is 4.46. The van der Waals surface area contributed by atoms with Gasteiger partial charge in [-0.2, -0.15) is 0 Å². The summed E-state index contributed by atoms with van der Waals surface area (Å²) in [7, 11) is 0. The highest BCUT2D eigenvalue weighted by atomic mass is 16.4. The van der Waals surface area contributed by atoms with E-state index < -0.39 is 17.6 Å². The summed E-state index contributed by atoms with van der Waals surface area (Å²) >= 11 is 0. The molecule has 3 rings (SSSR count). The number of carbonyl (C=O) groups excluding carboxylic acids is 3. The molecule has 9 heteroatoms. The van der Waals surface area contributed by atoms with Gasteiger partial charge in [-0.3, -0.25) is 19.0 Å². The molecule has 156 valence electrons. The molecule has 0 aliphatic rings.